The summed E-state index contributed by atoms with van der Waals surface area (Å²) < 4.78 is 5.59. The van der Waals surface area contributed by atoms with Crippen LogP contribution in [0.3, 0.4) is 0 Å². The average Bonchev–Trinajstić information content (AvgIpc) is 2.82. The lowest BCUT2D eigenvalue weighted by atomic mass is 9.99. The smallest absolute Gasteiger partial charge is 0.233 e. The first kappa shape index (κ1) is 11.5. The third-order valence-corrected chi connectivity index (χ3v) is 3.68. The number of para-hydroxylation sites is 1. The molecule has 2 atom stereocenters. The van der Waals surface area contributed by atoms with E-state index in [-0.39, 0.29) is 11.8 Å². The Balaban J connectivity index is 1.78. The van der Waals surface area contributed by atoms with Crippen LogP contribution in [0, 0.1) is 0 Å². The number of rotatable bonds is 1. The first-order valence-corrected chi connectivity index (χ1v) is 6.49. The molecular formula is C14H18N2O2. The van der Waals surface area contributed by atoms with Crippen molar-refractivity contribution in [3.63, 3.8) is 0 Å². The Kier molecular flexibility index (Phi) is 2.96. The summed E-state index contributed by atoms with van der Waals surface area (Å²) in [7, 11) is 0. The fraction of sp³-hybridized carbons (Fsp3) is 0.500. The van der Waals surface area contributed by atoms with Crippen LogP contribution >= 0.6 is 0 Å². The van der Waals surface area contributed by atoms with Crippen LogP contribution in [-0.4, -0.2) is 43.1 Å². The number of carbonyl (C=O) groups excluding carboxylic acids is 1. The van der Waals surface area contributed by atoms with Crippen molar-refractivity contribution >= 4 is 5.91 Å². The van der Waals surface area contributed by atoms with Gasteiger partial charge in [0.05, 0.1) is 0 Å². The maximum Gasteiger partial charge on any atom is 0.233 e. The topological polar surface area (TPSA) is 41.6 Å². The lowest BCUT2D eigenvalue weighted by molar-refractivity contribution is -0.134. The van der Waals surface area contributed by atoms with E-state index in [4.69, 9.17) is 4.74 Å². The minimum absolute atomic E-state index is 0.119. The van der Waals surface area contributed by atoms with E-state index >= 15 is 0 Å². The number of ether oxygens (including phenoxy) is 1. The molecule has 0 saturated carbocycles. The van der Waals surface area contributed by atoms with Gasteiger partial charge in [-0.3, -0.25) is 4.79 Å². The number of hydrogen-bond donors (Lipinski definition) is 1. The first-order valence-electron chi connectivity index (χ1n) is 6.49. The summed E-state index contributed by atoms with van der Waals surface area (Å²) in [6.07, 6.45) is 0. The zero-order valence-corrected chi connectivity index (χ0v) is 10.6. The van der Waals surface area contributed by atoms with Crippen LogP contribution in [0.25, 0.3) is 0 Å². The molecule has 0 bridgehead atoms. The van der Waals surface area contributed by atoms with Gasteiger partial charge in [0.2, 0.25) is 5.91 Å². The van der Waals surface area contributed by atoms with E-state index < -0.39 is 0 Å². The maximum atomic E-state index is 12.5. The normalized spacial score (nSPS) is 26.6. The number of fused-ring (bicyclic) bond motifs is 1. The number of hydrogen-bond acceptors (Lipinski definition) is 3. The molecule has 1 aromatic rings. The van der Waals surface area contributed by atoms with Crippen LogP contribution < -0.4 is 10.1 Å². The van der Waals surface area contributed by atoms with E-state index in [0.29, 0.717) is 12.6 Å². The molecule has 2 heterocycles. The summed E-state index contributed by atoms with van der Waals surface area (Å²) in [6, 6.07) is 8.21. The summed E-state index contributed by atoms with van der Waals surface area (Å²) in [5.41, 5.74) is 1.04. The monoisotopic (exact) mass is 246 g/mol. The Bertz CT molecular complexity index is 461. The molecule has 3 rings (SSSR count). The van der Waals surface area contributed by atoms with Crippen LogP contribution in [0.15, 0.2) is 24.3 Å². The molecule has 4 nitrogen and oxygen atoms in total. The largest absolute Gasteiger partial charge is 0.492 e. The zero-order valence-electron chi connectivity index (χ0n) is 10.6. The molecule has 1 N–H and O–H groups in total. The van der Waals surface area contributed by atoms with Crippen molar-refractivity contribution < 1.29 is 9.53 Å². The fourth-order valence-electron chi connectivity index (χ4n) is 2.72. The van der Waals surface area contributed by atoms with Crippen molar-refractivity contribution in [1.82, 2.24) is 10.2 Å². The lowest BCUT2D eigenvalue weighted by Gasteiger charge is -2.33. The summed E-state index contributed by atoms with van der Waals surface area (Å²) in [6.45, 7) is 5.05. The van der Waals surface area contributed by atoms with Gasteiger partial charge in [0.25, 0.3) is 0 Å². The molecule has 2 unspecified atom stereocenters. The van der Waals surface area contributed by atoms with Crippen molar-refractivity contribution in [1.29, 1.82) is 0 Å². The van der Waals surface area contributed by atoms with Crippen LogP contribution in [0.5, 0.6) is 5.75 Å². The van der Waals surface area contributed by atoms with Gasteiger partial charge in [-0.1, -0.05) is 18.2 Å². The van der Waals surface area contributed by atoms with Crippen LogP contribution in [-0.2, 0) is 4.79 Å². The van der Waals surface area contributed by atoms with Gasteiger partial charge in [0.15, 0.2) is 0 Å². The molecule has 1 saturated heterocycles. The molecule has 2 aliphatic heterocycles. The number of amides is 1. The second kappa shape index (κ2) is 4.61. The Morgan fingerprint density at radius 2 is 2.28 bits per heavy atom. The number of benzene rings is 1. The second-order valence-corrected chi connectivity index (χ2v) is 5.04. The van der Waals surface area contributed by atoms with Gasteiger partial charge in [0.1, 0.15) is 18.3 Å². The summed E-state index contributed by atoms with van der Waals surface area (Å²) in [5, 5.41) is 3.35. The first-order chi connectivity index (χ1) is 8.75. The van der Waals surface area contributed by atoms with Gasteiger partial charge in [-0.05, 0) is 13.0 Å². The lowest BCUT2D eigenvalue weighted by Crippen LogP contribution is -2.52. The highest BCUT2D eigenvalue weighted by atomic mass is 16.5. The fourth-order valence-corrected chi connectivity index (χ4v) is 2.72. The van der Waals surface area contributed by atoms with Gasteiger partial charge in [-0.2, -0.15) is 0 Å². The Morgan fingerprint density at radius 3 is 3.11 bits per heavy atom. The molecule has 0 aliphatic carbocycles. The highest BCUT2D eigenvalue weighted by Gasteiger charge is 2.34. The second-order valence-electron chi connectivity index (χ2n) is 5.04. The molecule has 4 heteroatoms. The Labute approximate surface area is 107 Å². The number of nitrogens with one attached hydrogen (secondary N) is 1. The number of carbonyl (C=O) groups is 1. The molecule has 1 aromatic carbocycles. The van der Waals surface area contributed by atoms with E-state index in [0.717, 1.165) is 30.9 Å². The molecule has 2 aliphatic rings. The summed E-state index contributed by atoms with van der Waals surface area (Å²) in [5.74, 6) is 0.943. The van der Waals surface area contributed by atoms with Crippen LogP contribution in [0.4, 0.5) is 0 Å². The predicted molar refractivity (Wildman–Crippen MR) is 68.7 cm³/mol. The molecule has 0 aromatic heterocycles. The average molecular weight is 246 g/mol. The van der Waals surface area contributed by atoms with Crippen molar-refractivity contribution in [2.24, 2.45) is 0 Å². The molecule has 0 spiro atoms. The van der Waals surface area contributed by atoms with Gasteiger partial charge in [-0.25, -0.2) is 0 Å². The Morgan fingerprint density at radius 1 is 1.44 bits per heavy atom. The van der Waals surface area contributed by atoms with Gasteiger partial charge < -0.3 is 15.0 Å². The summed E-state index contributed by atoms with van der Waals surface area (Å²) in [4.78, 5) is 14.5. The SMILES string of the molecule is CC1CN(C(=O)C2COc3ccccc32)CCN1. The third kappa shape index (κ3) is 1.97. The molecular weight excluding hydrogens is 228 g/mol. The van der Waals surface area contributed by atoms with Gasteiger partial charge in [-0.15, -0.1) is 0 Å². The highest BCUT2D eigenvalue weighted by Crippen LogP contribution is 2.34. The molecule has 18 heavy (non-hydrogen) atoms. The third-order valence-electron chi connectivity index (χ3n) is 3.68. The van der Waals surface area contributed by atoms with E-state index in [2.05, 4.69) is 12.2 Å². The standard InChI is InChI=1S/C14H18N2O2/c1-10-8-16(7-6-15-10)14(17)12-9-18-13-5-3-2-4-11(12)13/h2-5,10,12,15H,6-9H2,1H3. The van der Waals surface area contributed by atoms with Crippen molar-refractivity contribution in [3.05, 3.63) is 29.8 Å². The number of nitrogens with zero attached hydrogens (tertiary/aromatic N) is 1. The van der Waals surface area contributed by atoms with E-state index in [9.17, 15) is 4.79 Å². The molecule has 96 valence electrons. The van der Waals surface area contributed by atoms with Gasteiger partial charge >= 0.3 is 0 Å². The van der Waals surface area contributed by atoms with Crippen molar-refractivity contribution in [2.45, 2.75) is 18.9 Å². The molecule has 0 radical (unpaired) electrons. The van der Waals surface area contributed by atoms with E-state index in [1.165, 1.54) is 0 Å². The predicted octanol–water partition coefficient (Wildman–Crippen LogP) is 0.983. The van der Waals surface area contributed by atoms with Gasteiger partial charge in [0, 0.05) is 31.2 Å². The van der Waals surface area contributed by atoms with Crippen molar-refractivity contribution in [2.75, 3.05) is 26.2 Å². The van der Waals surface area contributed by atoms with Crippen molar-refractivity contribution in [3.8, 4) is 5.75 Å². The van der Waals surface area contributed by atoms with E-state index in [1.807, 2.05) is 29.2 Å². The van der Waals surface area contributed by atoms with Crippen LogP contribution in [0.2, 0.25) is 0 Å². The Hall–Kier alpha value is -1.55. The molecule has 1 amide bonds. The number of piperazine rings is 1. The summed E-state index contributed by atoms with van der Waals surface area (Å²) >= 11 is 0. The highest BCUT2D eigenvalue weighted by molar-refractivity contribution is 5.85. The van der Waals surface area contributed by atoms with E-state index in [1.54, 1.807) is 0 Å². The minimum Gasteiger partial charge on any atom is -0.492 e. The maximum absolute atomic E-state index is 12.5. The minimum atomic E-state index is -0.119. The zero-order chi connectivity index (χ0) is 12.5. The quantitative estimate of drug-likeness (QED) is 0.803. The molecule has 1 fully saturated rings. The van der Waals surface area contributed by atoms with Crippen LogP contribution in [0.1, 0.15) is 18.4 Å².